The van der Waals surface area contributed by atoms with Crippen LogP contribution in [0, 0.1) is 6.92 Å². The lowest BCUT2D eigenvalue weighted by molar-refractivity contribution is -0.712. The summed E-state index contributed by atoms with van der Waals surface area (Å²) < 4.78 is 41.6. The molecule has 0 N–H and O–H groups in total. The maximum Gasteiger partial charge on any atom is 0.572 e. The lowest BCUT2D eigenvalue weighted by Crippen LogP contribution is -2.44. The molecule has 1 atom stereocenters. The van der Waals surface area contributed by atoms with Crippen molar-refractivity contribution < 1.29 is 22.5 Å². The Morgan fingerprint density at radius 2 is 1.83 bits per heavy atom. The molecule has 6 nitrogen and oxygen atoms in total. The molecular weight excluding hydrogens is 419 g/mol. The van der Waals surface area contributed by atoms with E-state index in [1.807, 2.05) is 26.0 Å². The fourth-order valence-electron chi connectivity index (χ4n) is 3.36. The molecule has 0 amide bonds. The molecule has 3 aromatic rings. The van der Waals surface area contributed by atoms with Gasteiger partial charge < -0.3 is 0 Å². The number of hydrogen-bond acceptors (Lipinski definition) is 3. The summed E-state index contributed by atoms with van der Waals surface area (Å²) in [6.07, 6.45) is -2.15. The van der Waals surface area contributed by atoms with E-state index in [-0.39, 0.29) is 28.6 Å². The highest BCUT2D eigenvalue weighted by molar-refractivity contribution is 6.30. The summed E-state index contributed by atoms with van der Waals surface area (Å²) in [6.45, 7) is 6.99. The highest BCUT2D eigenvalue weighted by atomic mass is 35.5. The second-order valence-electron chi connectivity index (χ2n) is 7.40. The number of rotatable bonds is 6. The first kappa shape index (κ1) is 22.0. The molecule has 0 aliphatic heterocycles. The van der Waals surface area contributed by atoms with Crippen molar-refractivity contribution in [2.24, 2.45) is 0 Å². The number of halogens is 4. The zero-order chi connectivity index (χ0) is 22.2. The Hall–Kier alpha value is -2.68. The van der Waals surface area contributed by atoms with Gasteiger partial charge in [-0.05, 0) is 41.8 Å². The largest absolute Gasteiger partial charge is 0.572 e. The van der Waals surface area contributed by atoms with Crippen molar-refractivity contribution in [3.8, 4) is 5.69 Å². The lowest BCUT2D eigenvalue weighted by atomic mass is 9.99. The SMILES string of the molecule is Cc1nn(C(F)(F)F)c[n+]1C(C)C(=O)Cc1cnn(-c2ccc(Cl)cc2)c1C(C)C. The number of alkyl halides is 3. The van der Waals surface area contributed by atoms with Gasteiger partial charge in [0.05, 0.1) is 17.6 Å². The fourth-order valence-corrected chi connectivity index (χ4v) is 3.49. The molecule has 0 bridgehead atoms. The summed E-state index contributed by atoms with van der Waals surface area (Å²) in [5.74, 6) is -0.0554. The average molecular weight is 441 g/mol. The Balaban J connectivity index is 1.88. The number of nitrogens with zero attached hydrogens (tertiary/aromatic N) is 5. The Morgan fingerprint density at radius 3 is 2.37 bits per heavy atom. The van der Waals surface area contributed by atoms with Crippen molar-refractivity contribution in [1.82, 2.24) is 19.6 Å². The highest BCUT2D eigenvalue weighted by Crippen LogP contribution is 2.25. The van der Waals surface area contributed by atoms with Crippen molar-refractivity contribution in [2.75, 3.05) is 0 Å². The van der Waals surface area contributed by atoms with Crippen molar-refractivity contribution in [3.63, 3.8) is 0 Å². The average Bonchev–Trinajstić information content (AvgIpc) is 3.25. The van der Waals surface area contributed by atoms with Gasteiger partial charge >= 0.3 is 6.30 Å². The van der Waals surface area contributed by atoms with Gasteiger partial charge in [-0.25, -0.2) is 9.25 Å². The van der Waals surface area contributed by atoms with Crippen molar-refractivity contribution in [3.05, 3.63) is 58.9 Å². The highest BCUT2D eigenvalue weighted by Gasteiger charge is 2.41. The number of Topliss-reactive ketones (excluding diaryl/α,β-unsaturated/α-hetero) is 1. The van der Waals surface area contributed by atoms with Crippen LogP contribution in [0.5, 0.6) is 0 Å². The number of aromatic nitrogens is 5. The lowest BCUT2D eigenvalue weighted by Gasteiger charge is -2.14. The summed E-state index contributed by atoms with van der Waals surface area (Å²) in [6, 6.07) is 6.38. The summed E-state index contributed by atoms with van der Waals surface area (Å²) >= 11 is 5.96. The van der Waals surface area contributed by atoms with Crippen LogP contribution in [0.1, 0.15) is 49.8 Å². The topological polar surface area (TPSA) is 56.6 Å². The van der Waals surface area contributed by atoms with Crippen LogP contribution in [0.3, 0.4) is 0 Å². The smallest absolute Gasteiger partial charge is 0.295 e. The number of carbonyl (C=O) groups is 1. The van der Waals surface area contributed by atoms with E-state index in [1.54, 1.807) is 29.9 Å². The number of hydrogen-bond donors (Lipinski definition) is 0. The molecule has 0 aliphatic carbocycles. The van der Waals surface area contributed by atoms with Gasteiger partial charge in [-0.3, -0.25) is 4.79 Å². The third-order valence-electron chi connectivity index (χ3n) is 4.87. The molecule has 0 saturated heterocycles. The van der Waals surface area contributed by atoms with E-state index < -0.39 is 12.3 Å². The first-order chi connectivity index (χ1) is 14.0. The zero-order valence-corrected chi connectivity index (χ0v) is 17.7. The van der Waals surface area contributed by atoms with Crippen LogP contribution in [0.2, 0.25) is 5.02 Å². The molecule has 2 aromatic heterocycles. The number of ketones is 1. The Kier molecular flexibility index (Phi) is 6.03. The summed E-state index contributed by atoms with van der Waals surface area (Å²) in [5.41, 5.74) is 2.41. The monoisotopic (exact) mass is 440 g/mol. The van der Waals surface area contributed by atoms with Gasteiger partial charge in [-0.1, -0.05) is 25.4 Å². The minimum atomic E-state index is -4.64. The molecule has 160 valence electrons. The third-order valence-corrected chi connectivity index (χ3v) is 5.12. The quantitative estimate of drug-likeness (QED) is 0.537. The van der Waals surface area contributed by atoms with Crippen LogP contribution < -0.4 is 4.57 Å². The Morgan fingerprint density at radius 1 is 1.20 bits per heavy atom. The second kappa shape index (κ2) is 8.22. The number of benzene rings is 1. The predicted molar refractivity (Wildman–Crippen MR) is 105 cm³/mol. The summed E-state index contributed by atoms with van der Waals surface area (Å²) in [5, 5.41) is 8.49. The Bertz CT molecular complexity index is 1050. The van der Waals surface area contributed by atoms with Gasteiger partial charge in [0.15, 0.2) is 5.78 Å². The van der Waals surface area contributed by atoms with Crippen LogP contribution in [-0.2, 0) is 17.5 Å². The van der Waals surface area contributed by atoms with Crippen LogP contribution in [0.25, 0.3) is 5.69 Å². The van der Waals surface area contributed by atoms with Gasteiger partial charge in [0.25, 0.3) is 5.82 Å². The molecule has 10 heteroatoms. The standard InChI is InChI=1S/C20H22ClF3N5O/c1-12(2)19-15(10-25-29(19)17-7-5-16(21)6-8-17)9-18(30)13(3)27-11-28(20(22,23)24)26-14(27)4/h5-8,10-13H,9H2,1-4H3/q+1. The van der Waals surface area contributed by atoms with E-state index in [9.17, 15) is 18.0 Å². The van der Waals surface area contributed by atoms with Gasteiger partial charge in [-0.2, -0.15) is 5.10 Å². The molecule has 1 aromatic carbocycles. The maximum atomic E-state index is 12.9. The van der Waals surface area contributed by atoms with E-state index in [0.29, 0.717) is 5.02 Å². The van der Waals surface area contributed by atoms with E-state index >= 15 is 0 Å². The molecule has 0 radical (unpaired) electrons. The number of aryl methyl sites for hydroxylation is 1. The van der Waals surface area contributed by atoms with E-state index in [1.165, 1.54) is 11.5 Å². The molecule has 1 unspecified atom stereocenters. The van der Waals surface area contributed by atoms with Crippen molar-refractivity contribution >= 4 is 17.4 Å². The van der Waals surface area contributed by atoms with Gasteiger partial charge in [-0.15, -0.1) is 13.2 Å². The molecule has 2 heterocycles. The normalized spacial score (nSPS) is 13.1. The first-order valence-electron chi connectivity index (χ1n) is 9.39. The van der Waals surface area contributed by atoms with Crippen LogP contribution in [-0.4, -0.2) is 25.3 Å². The molecule has 30 heavy (non-hydrogen) atoms. The zero-order valence-electron chi connectivity index (χ0n) is 17.0. The fraction of sp³-hybridized carbons (Fsp3) is 0.400. The van der Waals surface area contributed by atoms with Crippen molar-refractivity contribution in [1.29, 1.82) is 0 Å². The number of carbonyl (C=O) groups excluding carboxylic acids is 1. The Labute approximate surface area is 176 Å². The molecule has 0 fully saturated rings. The van der Waals surface area contributed by atoms with Crippen LogP contribution in [0.15, 0.2) is 36.8 Å². The molecule has 0 saturated carbocycles. The molecule has 0 spiro atoms. The summed E-state index contributed by atoms with van der Waals surface area (Å²) in [7, 11) is 0. The van der Waals surface area contributed by atoms with Gasteiger partial charge in [0.2, 0.25) is 6.33 Å². The minimum absolute atomic E-state index is 0.0475. The van der Waals surface area contributed by atoms with E-state index in [0.717, 1.165) is 23.3 Å². The molecular formula is C20H22ClF3N5O+. The van der Waals surface area contributed by atoms with E-state index in [4.69, 9.17) is 11.6 Å². The second-order valence-corrected chi connectivity index (χ2v) is 7.84. The van der Waals surface area contributed by atoms with E-state index in [2.05, 4.69) is 10.2 Å². The predicted octanol–water partition coefficient (Wildman–Crippen LogP) is 4.29. The first-order valence-corrected chi connectivity index (χ1v) is 9.77. The third kappa shape index (κ3) is 4.40. The van der Waals surface area contributed by atoms with Gasteiger partial charge in [0, 0.05) is 29.0 Å². The molecule has 3 rings (SSSR count). The molecule has 0 aliphatic rings. The maximum absolute atomic E-state index is 12.9. The van der Waals surface area contributed by atoms with Crippen LogP contribution in [0.4, 0.5) is 13.2 Å². The van der Waals surface area contributed by atoms with Crippen molar-refractivity contribution in [2.45, 2.75) is 52.4 Å². The minimum Gasteiger partial charge on any atom is -0.295 e. The van der Waals surface area contributed by atoms with Crippen LogP contribution >= 0.6 is 11.6 Å². The van der Waals surface area contributed by atoms with Gasteiger partial charge in [0.1, 0.15) is 6.04 Å². The summed E-state index contributed by atoms with van der Waals surface area (Å²) in [4.78, 5) is 12.9.